The lowest BCUT2D eigenvalue weighted by Crippen LogP contribution is -2.21. The lowest BCUT2D eigenvalue weighted by molar-refractivity contribution is 0.591. The Balaban J connectivity index is 2.19. The molecule has 1 heterocycles. The lowest BCUT2D eigenvalue weighted by Gasteiger charge is -2.10. The van der Waals surface area contributed by atoms with Gasteiger partial charge >= 0.3 is 5.69 Å². The third-order valence-corrected chi connectivity index (χ3v) is 4.30. The highest BCUT2D eigenvalue weighted by molar-refractivity contribution is 7.99. The van der Waals surface area contributed by atoms with Crippen molar-refractivity contribution in [2.24, 2.45) is 5.73 Å². The second-order valence-corrected chi connectivity index (χ2v) is 5.80. The smallest absolute Gasteiger partial charge is 0.327 e. The zero-order valence-electron chi connectivity index (χ0n) is 12.1. The van der Waals surface area contributed by atoms with Crippen molar-refractivity contribution in [2.45, 2.75) is 49.3 Å². The van der Waals surface area contributed by atoms with Crippen LogP contribution in [-0.4, -0.2) is 20.8 Å². The Kier molecular flexibility index (Phi) is 5.19. The number of nitrogens with one attached hydrogen (secondary N) is 1. The molecule has 0 bridgehead atoms. The Morgan fingerprint density at radius 1 is 1.48 bits per heavy atom. The molecule has 0 spiro atoms. The molecule has 1 aromatic heterocycles. The molecule has 1 unspecified atom stereocenters. The highest BCUT2D eigenvalue weighted by Gasteiger charge is 2.12. The van der Waals surface area contributed by atoms with Gasteiger partial charge < -0.3 is 5.73 Å². The Bertz CT molecular complexity index is 667. The summed E-state index contributed by atoms with van der Waals surface area (Å²) in [5.74, 6) is -0.320. The number of rotatable bonds is 6. The molecule has 3 N–H and O–H groups in total. The number of nitrogens with two attached hydrogens (primary N) is 1. The summed E-state index contributed by atoms with van der Waals surface area (Å²) >= 11 is 1.13. The fraction of sp³-hybridized carbons (Fsp3) is 0.429. The first kappa shape index (κ1) is 15.8. The minimum absolute atomic E-state index is 0.0412. The van der Waals surface area contributed by atoms with Gasteiger partial charge in [-0.1, -0.05) is 13.0 Å². The van der Waals surface area contributed by atoms with Gasteiger partial charge in [-0.15, -0.1) is 5.10 Å². The molecule has 2 aromatic rings. The minimum Gasteiger partial charge on any atom is -0.327 e. The van der Waals surface area contributed by atoms with Crippen LogP contribution in [0.4, 0.5) is 4.39 Å². The van der Waals surface area contributed by atoms with Gasteiger partial charge in [0, 0.05) is 12.6 Å². The first-order valence-electron chi connectivity index (χ1n) is 6.92. The number of benzene rings is 1. The summed E-state index contributed by atoms with van der Waals surface area (Å²) in [6.45, 7) is 4.34. The van der Waals surface area contributed by atoms with Gasteiger partial charge in [-0.2, -0.15) is 0 Å². The molecule has 0 aliphatic carbocycles. The number of aromatic amines is 1. The van der Waals surface area contributed by atoms with Crippen LogP contribution >= 0.6 is 11.8 Å². The van der Waals surface area contributed by atoms with Gasteiger partial charge in [0.2, 0.25) is 0 Å². The molecule has 7 heteroatoms. The van der Waals surface area contributed by atoms with E-state index in [1.807, 2.05) is 19.9 Å². The highest BCUT2D eigenvalue weighted by Crippen LogP contribution is 2.28. The topological polar surface area (TPSA) is 76.7 Å². The molecule has 0 saturated carbocycles. The molecule has 21 heavy (non-hydrogen) atoms. The molecule has 2 rings (SSSR count). The third-order valence-electron chi connectivity index (χ3n) is 3.26. The van der Waals surface area contributed by atoms with Crippen LogP contribution < -0.4 is 11.4 Å². The standard InChI is InChI=1S/C14H19FN4OS/c1-3-10(16)7-9-5-6-12(11(15)8-9)21-14-18-17-13(20)19(14)4-2/h5-6,8,10H,3-4,7,16H2,1-2H3,(H,17,20). The van der Waals surface area contributed by atoms with Crippen molar-refractivity contribution in [3.63, 3.8) is 0 Å². The van der Waals surface area contributed by atoms with Crippen LogP contribution in [0, 0.1) is 5.82 Å². The zero-order valence-corrected chi connectivity index (χ0v) is 12.9. The highest BCUT2D eigenvalue weighted by atomic mass is 32.2. The lowest BCUT2D eigenvalue weighted by atomic mass is 10.0. The van der Waals surface area contributed by atoms with Gasteiger partial charge in [-0.25, -0.2) is 14.3 Å². The van der Waals surface area contributed by atoms with E-state index < -0.39 is 0 Å². The van der Waals surface area contributed by atoms with E-state index in [0.717, 1.165) is 23.7 Å². The van der Waals surface area contributed by atoms with E-state index in [2.05, 4.69) is 10.2 Å². The Labute approximate surface area is 126 Å². The summed E-state index contributed by atoms with van der Waals surface area (Å²) in [5.41, 5.74) is 6.47. The van der Waals surface area contributed by atoms with Gasteiger partial charge in [0.15, 0.2) is 5.16 Å². The summed E-state index contributed by atoms with van der Waals surface area (Å²) < 4.78 is 15.6. The fourth-order valence-electron chi connectivity index (χ4n) is 1.96. The average molecular weight is 310 g/mol. The summed E-state index contributed by atoms with van der Waals surface area (Å²) in [5, 5.41) is 6.74. The van der Waals surface area contributed by atoms with Gasteiger partial charge in [0.1, 0.15) is 5.82 Å². The van der Waals surface area contributed by atoms with Gasteiger partial charge in [0.25, 0.3) is 0 Å². The maximum atomic E-state index is 14.1. The van der Waals surface area contributed by atoms with E-state index in [9.17, 15) is 9.18 Å². The predicted molar refractivity (Wildman–Crippen MR) is 81.0 cm³/mol. The number of hydrogen-bond donors (Lipinski definition) is 2. The summed E-state index contributed by atoms with van der Waals surface area (Å²) in [7, 11) is 0. The van der Waals surface area contributed by atoms with E-state index in [4.69, 9.17) is 5.73 Å². The first-order chi connectivity index (χ1) is 10.0. The number of aromatic nitrogens is 3. The normalized spacial score (nSPS) is 12.6. The van der Waals surface area contributed by atoms with E-state index in [1.165, 1.54) is 10.6 Å². The van der Waals surface area contributed by atoms with Crippen molar-refractivity contribution in [2.75, 3.05) is 0 Å². The van der Waals surface area contributed by atoms with Crippen molar-refractivity contribution >= 4 is 11.8 Å². The number of nitrogens with zero attached hydrogens (tertiary/aromatic N) is 2. The Morgan fingerprint density at radius 3 is 2.86 bits per heavy atom. The van der Waals surface area contributed by atoms with Crippen molar-refractivity contribution in [3.05, 3.63) is 40.1 Å². The fourth-order valence-corrected chi connectivity index (χ4v) is 2.86. The van der Waals surface area contributed by atoms with Crippen molar-refractivity contribution in [1.29, 1.82) is 0 Å². The summed E-state index contributed by atoms with van der Waals surface area (Å²) in [4.78, 5) is 11.9. The van der Waals surface area contributed by atoms with E-state index in [0.29, 0.717) is 23.0 Å². The van der Waals surface area contributed by atoms with Crippen LogP contribution in [0.2, 0.25) is 0 Å². The monoisotopic (exact) mass is 310 g/mol. The average Bonchev–Trinajstić information content (AvgIpc) is 2.81. The molecular weight excluding hydrogens is 291 g/mol. The van der Waals surface area contributed by atoms with Crippen molar-refractivity contribution < 1.29 is 4.39 Å². The number of H-pyrrole nitrogens is 1. The molecule has 0 amide bonds. The molecule has 1 atom stereocenters. The summed E-state index contributed by atoms with van der Waals surface area (Å²) in [6.07, 6.45) is 1.51. The number of hydrogen-bond acceptors (Lipinski definition) is 4. The second kappa shape index (κ2) is 6.91. The predicted octanol–water partition coefficient (Wildman–Crippen LogP) is 2.16. The quantitative estimate of drug-likeness (QED) is 0.857. The van der Waals surface area contributed by atoms with Crippen molar-refractivity contribution in [1.82, 2.24) is 14.8 Å². The van der Waals surface area contributed by atoms with Gasteiger partial charge in [-0.3, -0.25) is 4.57 Å². The molecule has 0 saturated heterocycles. The molecule has 114 valence electrons. The molecule has 0 aliphatic rings. The molecule has 0 fully saturated rings. The third kappa shape index (κ3) is 3.74. The Hall–Kier alpha value is -1.60. The van der Waals surface area contributed by atoms with Crippen LogP contribution in [0.5, 0.6) is 0 Å². The van der Waals surface area contributed by atoms with E-state index in [-0.39, 0.29) is 17.5 Å². The minimum atomic E-state index is -0.320. The van der Waals surface area contributed by atoms with Crippen LogP contribution in [-0.2, 0) is 13.0 Å². The van der Waals surface area contributed by atoms with Gasteiger partial charge in [0.05, 0.1) is 4.90 Å². The SMILES string of the molecule is CCC(N)Cc1ccc(Sc2n[nH]c(=O)n2CC)c(F)c1. The zero-order chi connectivity index (χ0) is 15.4. The summed E-state index contributed by atoms with van der Waals surface area (Å²) in [6, 6.07) is 5.11. The van der Waals surface area contributed by atoms with Crippen LogP contribution in [0.1, 0.15) is 25.8 Å². The second-order valence-electron chi connectivity index (χ2n) is 4.79. The molecule has 1 aromatic carbocycles. The molecule has 5 nitrogen and oxygen atoms in total. The first-order valence-corrected chi connectivity index (χ1v) is 7.73. The molecule has 0 radical (unpaired) electrons. The van der Waals surface area contributed by atoms with Crippen LogP contribution in [0.25, 0.3) is 0 Å². The van der Waals surface area contributed by atoms with E-state index in [1.54, 1.807) is 6.07 Å². The largest absolute Gasteiger partial charge is 0.343 e. The Morgan fingerprint density at radius 2 is 2.24 bits per heavy atom. The van der Waals surface area contributed by atoms with E-state index >= 15 is 0 Å². The van der Waals surface area contributed by atoms with Crippen molar-refractivity contribution in [3.8, 4) is 0 Å². The molecular formula is C14H19FN4OS. The maximum absolute atomic E-state index is 14.1. The van der Waals surface area contributed by atoms with Crippen LogP contribution in [0.3, 0.4) is 0 Å². The van der Waals surface area contributed by atoms with Crippen LogP contribution in [0.15, 0.2) is 33.0 Å². The van der Waals surface area contributed by atoms with Gasteiger partial charge in [-0.05, 0) is 49.2 Å². The number of halogens is 1. The molecule has 0 aliphatic heterocycles. The maximum Gasteiger partial charge on any atom is 0.343 e.